The summed E-state index contributed by atoms with van der Waals surface area (Å²) in [4.78, 5) is 20.6. The first-order valence-corrected chi connectivity index (χ1v) is 11.0. The Labute approximate surface area is 179 Å². The van der Waals surface area contributed by atoms with E-state index in [-0.39, 0.29) is 5.91 Å². The van der Waals surface area contributed by atoms with Crippen LogP contribution in [-0.2, 0) is 11.2 Å². The third kappa shape index (κ3) is 4.36. The number of thiazole rings is 1. The largest absolute Gasteiger partial charge is 0.312 e. The average Bonchev–Trinajstić information content (AvgIpc) is 3.32. The molecular weight excluding hydrogens is 402 g/mol. The van der Waals surface area contributed by atoms with Crippen LogP contribution in [0.3, 0.4) is 0 Å². The fraction of sp³-hybridized carbons (Fsp3) is 0.217. The molecule has 0 aliphatic heterocycles. The molecule has 0 bridgehead atoms. The van der Waals surface area contributed by atoms with Crippen LogP contribution in [0.1, 0.15) is 25.5 Å². The number of benzene rings is 2. The lowest BCUT2D eigenvalue weighted by molar-refractivity contribution is -0.118. The summed E-state index contributed by atoms with van der Waals surface area (Å²) in [5.41, 5.74) is 3.80. The quantitative estimate of drug-likeness (QED) is 0.360. The zero-order chi connectivity index (χ0) is 20.2. The van der Waals surface area contributed by atoms with Gasteiger partial charge in [-0.3, -0.25) is 9.20 Å². The number of hydrogen-bond acceptors (Lipinski definition) is 3. The summed E-state index contributed by atoms with van der Waals surface area (Å²) in [6, 6.07) is 17.5. The second kappa shape index (κ2) is 8.80. The van der Waals surface area contributed by atoms with Crippen LogP contribution in [0.5, 0.6) is 0 Å². The zero-order valence-electron chi connectivity index (χ0n) is 16.2. The van der Waals surface area contributed by atoms with E-state index in [9.17, 15) is 4.79 Å². The molecule has 2 heterocycles. The molecule has 0 aliphatic carbocycles. The van der Waals surface area contributed by atoms with Crippen molar-refractivity contribution in [3.05, 3.63) is 76.9 Å². The number of hydrogen-bond donors (Lipinski definition) is 0. The van der Waals surface area contributed by atoms with E-state index < -0.39 is 0 Å². The van der Waals surface area contributed by atoms with E-state index in [4.69, 9.17) is 16.6 Å². The molecule has 2 aromatic carbocycles. The molecule has 0 fully saturated rings. The van der Waals surface area contributed by atoms with Crippen LogP contribution in [0.25, 0.3) is 16.2 Å². The molecule has 4 nitrogen and oxygen atoms in total. The lowest BCUT2D eigenvalue weighted by atomic mass is 10.2. The average molecular weight is 424 g/mol. The number of para-hydroxylation sites is 1. The van der Waals surface area contributed by atoms with Gasteiger partial charge in [-0.15, -0.1) is 11.3 Å². The van der Waals surface area contributed by atoms with Crippen LogP contribution >= 0.6 is 22.9 Å². The predicted octanol–water partition coefficient (Wildman–Crippen LogP) is 6.09. The van der Waals surface area contributed by atoms with Gasteiger partial charge >= 0.3 is 0 Å². The van der Waals surface area contributed by atoms with Crippen molar-refractivity contribution >= 4 is 39.5 Å². The van der Waals surface area contributed by atoms with Gasteiger partial charge in [0.05, 0.1) is 12.1 Å². The number of carbonyl (C=O) groups is 1. The Morgan fingerprint density at radius 3 is 2.62 bits per heavy atom. The highest BCUT2D eigenvalue weighted by Crippen LogP contribution is 2.26. The minimum Gasteiger partial charge on any atom is -0.312 e. The Morgan fingerprint density at radius 1 is 1.14 bits per heavy atom. The number of halogens is 1. The van der Waals surface area contributed by atoms with Crippen molar-refractivity contribution in [3.63, 3.8) is 0 Å². The highest BCUT2D eigenvalue weighted by molar-refractivity contribution is 7.15. The maximum atomic E-state index is 13.2. The molecule has 2 aromatic heterocycles. The SMILES string of the molecule is CCCCN(C(=O)Cc1csc2nc(-c3ccc(Cl)cc3)cn12)c1ccccc1. The van der Waals surface area contributed by atoms with E-state index in [0.29, 0.717) is 11.4 Å². The monoisotopic (exact) mass is 423 g/mol. The molecule has 0 unspecified atom stereocenters. The first kappa shape index (κ1) is 19.7. The van der Waals surface area contributed by atoms with Gasteiger partial charge in [0.15, 0.2) is 4.96 Å². The van der Waals surface area contributed by atoms with Crippen molar-refractivity contribution in [3.8, 4) is 11.3 Å². The second-order valence-corrected chi connectivity index (χ2v) is 8.20. The molecule has 29 heavy (non-hydrogen) atoms. The summed E-state index contributed by atoms with van der Waals surface area (Å²) < 4.78 is 2.02. The molecular formula is C23H22ClN3OS. The molecule has 0 radical (unpaired) electrons. The zero-order valence-corrected chi connectivity index (χ0v) is 17.8. The summed E-state index contributed by atoms with van der Waals surface area (Å²) in [6.45, 7) is 2.87. The van der Waals surface area contributed by atoms with Crippen molar-refractivity contribution in [1.82, 2.24) is 9.38 Å². The van der Waals surface area contributed by atoms with Gasteiger partial charge in [-0.05, 0) is 30.7 Å². The molecule has 6 heteroatoms. The van der Waals surface area contributed by atoms with Gasteiger partial charge in [-0.2, -0.15) is 0 Å². The number of unbranched alkanes of at least 4 members (excludes halogenated alkanes) is 1. The Morgan fingerprint density at radius 2 is 1.90 bits per heavy atom. The highest BCUT2D eigenvalue weighted by Gasteiger charge is 2.18. The van der Waals surface area contributed by atoms with Gasteiger partial charge in [0.25, 0.3) is 0 Å². The molecule has 4 aromatic rings. The first-order valence-electron chi connectivity index (χ1n) is 9.72. The van der Waals surface area contributed by atoms with Gasteiger partial charge in [0.2, 0.25) is 5.91 Å². The maximum absolute atomic E-state index is 13.2. The highest BCUT2D eigenvalue weighted by atomic mass is 35.5. The van der Waals surface area contributed by atoms with Crippen molar-refractivity contribution in [2.45, 2.75) is 26.2 Å². The van der Waals surface area contributed by atoms with Crippen LogP contribution < -0.4 is 4.90 Å². The Hall–Kier alpha value is -2.63. The van der Waals surface area contributed by atoms with Gasteiger partial charge in [0, 0.05) is 40.1 Å². The Balaban J connectivity index is 1.59. The van der Waals surface area contributed by atoms with E-state index in [1.165, 1.54) is 0 Å². The molecule has 0 saturated heterocycles. The van der Waals surface area contributed by atoms with E-state index in [1.807, 2.05) is 75.5 Å². The first-order chi connectivity index (χ1) is 14.2. The third-order valence-corrected chi connectivity index (χ3v) is 6.00. The molecule has 0 saturated carbocycles. The standard InChI is InChI=1S/C23H22ClN3OS/c1-2-3-13-26(19-7-5-4-6-8-19)22(28)14-20-16-29-23-25-21(15-27(20)23)17-9-11-18(24)12-10-17/h4-12,15-16H,2-3,13-14H2,1H3. The topological polar surface area (TPSA) is 37.6 Å². The van der Waals surface area contributed by atoms with E-state index in [0.717, 1.165) is 47.0 Å². The lowest BCUT2D eigenvalue weighted by Gasteiger charge is -2.22. The van der Waals surface area contributed by atoms with Crippen LogP contribution in [0.2, 0.25) is 5.02 Å². The number of fused-ring (bicyclic) bond motifs is 1. The van der Waals surface area contributed by atoms with Crippen molar-refractivity contribution in [2.75, 3.05) is 11.4 Å². The van der Waals surface area contributed by atoms with Gasteiger partial charge in [0.1, 0.15) is 0 Å². The molecule has 148 valence electrons. The van der Waals surface area contributed by atoms with E-state index in [2.05, 4.69) is 6.92 Å². The van der Waals surface area contributed by atoms with E-state index >= 15 is 0 Å². The molecule has 0 aliphatic rings. The molecule has 4 rings (SSSR count). The summed E-state index contributed by atoms with van der Waals surface area (Å²) in [6.07, 6.45) is 4.36. The summed E-state index contributed by atoms with van der Waals surface area (Å²) in [5, 5.41) is 2.73. The van der Waals surface area contributed by atoms with Crippen LogP contribution in [0.4, 0.5) is 5.69 Å². The summed E-state index contributed by atoms with van der Waals surface area (Å²) >= 11 is 7.54. The molecule has 1 amide bonds. The number of aromatic nitrogens is 2. The number of rotatable bonds is 7. The maximum Gasteiger partial charge on any atom is 0.232 e. The predicted molar refractivity (Wildman–Crippen MR) is 121 cm³/mol. The van der Waals surface area contributed by atoms with E-state index in [1.54, 1.807) is 11.3 Å². The number of anilines is 1. The fourth-order valence-corrected chi connectivity index (χ4v) is 4.29. The van der Waals surface area contributed by atoms with Gasteiger partial charge in [-0.1, -0.05) is 55.3 Å². The minimum atomic E-state index is 0.103. The number of imidazole rings is 1. The second-order valence-electron chi connectivity index (χ2n) is 6.92. The molecule has 0 spiro atoms. The van der Waals surface area contributed by atoms with Gasteiger partial charge < -0.3 is 4.90 Å². The normalized spacial score (nSPS) is 11.1. The van der Waals surface area contributed by atoms with Crippen LogP contribution in [-0.4, -0.2) is 21.8 Å². The van der Waals surface area contributed by atoms with Gasteiger partial charge in [-0.25, -0.2) is 4.98 Å². The summed E-state index contributed by atoms with van der Waals surface area (Å²) in [5.74, 6) is 0.103. The van der Waals surface area contributed by atoms with Crippen LogP contribution in [0, 0.1) is 0 Å². The molecule has 0 atom stereocenters. The summed E-state index contributed by atoms with van der Waals surface area (Å²) in [7, 11) is 0. The number of amides is 1. The van der Waals surface area contributed by atoms with Crippen molar-refractivity contribution < 1.29 is 4.79 Å². The molecule has 0 N–H and O–H groups in total. The fourth-order valence-electron chi connectivity index (χ4n) is 3.29. The van der Waals surface area contributed by atoms with Crippen molar-refractivity contribution in [1.29, 1.82) is 0 Å². The lowest BCUT2D eigenvalue weighted by Crippen LogP contribution is -2.33. The third-order valence-electron chi connectivity index (χ3n) is 4.86. The Kier molecular flexibility index (Phi) is 5.97. The number of carbonyl (C=O) groups excluding carboxylic acids is 1. The smallest absolute Gasteiger partial charge is 0.232 e. The number of nitrogens with zero attached hydrogens (tertiary/aromatic N) is 3. The van der Waals surface area contributed by atoms with Crippen molar-refractivity contribution in [2.24, 2.45) is 0 Å². The van der Waals surface area contributed by atoms with Crippen LogP contribution in [0.15, 0.2) is 66.2 Å². The Bertz CT molecular complexity index is 1100. The minimum absolute atomic E-state index is 0.103.